The zero-order valence-electron chi connectivity index (χ0n) is 38.8. The third-order valence-corrected chi connectivity index (χ3v) is 9.68. The van der Waals surface area contributed by atoms with E-state index in [1.54, 1.807) is 0 Å². The van der Waals surface area contributed by atoms with Crippen molar-refractivity contribution in [2.24, 2.45) is 0 Å². The summed E-state index contributed by atoms with van der Waals surface area (Å²) >= 11 is 0. The van der Waals surface area contributed by atoms with Gasteiger partial charge < -0.3 is 60.0 Å². The van der Waals surface area contributed by atoms with Crippen LogP contribution >= 0.6 is 0 Å². The molecule has 14 nitrogen and oxygen atoms in total. The number of nitrogens with one attached hydrogen (secondary N) is 4. The number of amides is 2. The summed E-state index contributed by atoms with van der Waals surface area (Å²) in [6.45, 7) is 10.8. The Morgan fingerprint density at radius 1 is 0.441 bits per heavy atom. The molecule has 0 aromatic heterocycles. The highest BCUT2D eigenvalue weighted by Crippen LogP contribution is 2.27. The molecule has 68 heavy (non-hydrogen) atoms. The largest absolute Gasteiger partial charge is 0.543 e. The van der Waals surface area contributed by atoms with Crippen molar-refractivity contribution in [3.8, 4) is 11.5 Å². The number of carbonyl (C=O) groups excluding carboxylic acids is 4. The molecule has 14 heteroatoms. The summed E-state index contributed by atoms with van der Waals surface area (Å²) in [7, 11) is 0. The van der Waals surface area contributed by atoms with Crippen LogP contribution < -0.4 is 41.0 Å². The number of anilines is 2. The van der Waals surface area contributed by atoms with Gasteiger partial charge in [0.1, 0.15) is 36.9 Å². The first kappa shape index (κ1) is 53.3. The van der Waals surface area contributed by atoms with E-state index in [2.05, 4.69) is 83.6 Å². The standard InChI is InChI=1S/2C26H30N2O3.C2H2O4/c2*1-20(19-31-25-15-13-24(14-16-25)28-21(2)29)27-17-18-30-26(22-9-5-3-6-10-22)23-11-7-4-8-12-23;3-1(4)2(5)6/h2*3-16,20,26-27H,17-19H2,1-2H3,(H,28,29);(H,3,4)(H,5,6)/p-2. The number of rotatable bonds is 22. The Kier molecular flexibility index (Phi) is 23.5. The van der Waals surface area contributed by atoms with E-state index in [0.29, 0.717) is 26.4 Å². The van der Waals surface area contributed by atoms with E-state index >= 15 is 0 Å². The van der Waals surface area contributed by atoms with Crippen LogP contribution in [0.1, 0.15) is 62.2 Å². The van der Waals surface area contributed by atoms with E-state index in [4.69, 9.17) is 38.7 Å². The van der Waals surface area contributed by atoms with Crippen LogP contribution in [-0.4, -0.2) is 75.4 Å². The summed E-state index contributed by atoms with van der Waals surface area (Å²) in [6, 6.07) is 56.2. The van der Waals surface area contributed by atoms with Gasteiger partial charge in [0.25, 0.3) is 0 Å². The predicted octanol–water partition coefficient (Wildman–Crippen LogP) is 6.10. The topological polar surface area (TPSA) is 199 Å². The molecule has 0 fully saturated rings. The van der Waals surface area contributed by atoms with Crippen molar-refractivity contribution < 1.29 is 48.3 Å². The van der Waals surface area contributed by atoms with Gasteiger partial charge in [0.15, 0.2) is 0 Å². The highest BCUT2D eigenvalue weighted by Gasteiger charge is 2.16. The van der Waals surface area contributed by atoms with E-state index in [1.165, 1.54) is 13.8 Å². The van der Waals surface area contributed by atoms with Gasteiger partial charge in [0.05, 0.1) is 25.2 Å². The number of carboxylic acids is 2. The molecule has 0 saturated carbocycles. The Bertz CT molecular complexity index is 2110. The third kappa shape index (κ3) is 20.9. The van der Waals surface area contributed by atoms with E-state index in [0.717, 1.165) is 58.2 Å². The number of benzene rings is 6. The molecule has 0 aliphatic carbocycles. The van der Waals surface area contributed by atoms with E-state index in [1.807, 2.05) is 121 Å². The Labute approximate surface area is 398 Å². The van der Waals surface area contributed by atoms with Gasteiger partial charge in [-0.3, -0.25) is 9.59 Å². The average molecular weight is 925 g/mol. The summed E-state index contributed by atoms with van der Waals surface area (Å²) in [6.07, 6.45) is -0.171. The molecule has 6 rings (SSSR count). The van der Waals surface area contributed by atoms with Crippen LogP contribution in [0.5, 0.6) is 11.5 Å². The maximum Gasteiger partial charge on any atom is 0.221 e. The molecule has 2 unspecified atom stereocenters. The molecule has 358 valence electrons. The van der Waals surface area contributed by atoms with Crippen molar-refractivity contribution in [1.29, 1.82) is 0 Å². The first-order valence-electron chi connectivity index (χ1n) is 22.2. The number of carbonyl (C=O) groups is 4. The summed E-state index contributed by atoms with van der Waals surface area (Å²) < 4.78 is 24.1. The van der Waals surface area contributed by atoms with Crippen molar-refractivity contribution in [2.45, 2.75) is 52.0 Å². The van der Waals surface area contributed by atoms with Crippen LogP contribution in [0.2, 0.25) is 0 Å². The second-order valence-corrected chi connectivity index (χ2v) is 15.5. The van der Waals surface area contributed by atoms with Gasteiger partial charge in [-0.05, 0) is 84.6 Å². The molecular formula is C54H60N4O10-2. The number of carboxylic acid groups (broad SMARTS) is 2. The van der Waals surface area contributed by atoms with E-state index < -0.39 is 11.9 Å². The fourth-order valence-electron chi connectivity index (χ4n) is 6.48. The summed E-state index contributed by atoms with van der Waals surface area (Å²) in [5.74, 6) is -3.00. The fourth-order valence-corrected chi connectivity index (χ4v) is 6.48. The molecule has 0 aliphatic rings. The van der Waals surface area contributed by atoms with Gasteiger partial charge in [-0.2, -0.15) is 0 Å². The number of ether oxygens (including phenoxy) is 4. The molecule has 6 aromatic rings. The van der Waals surface area contributed by atoms with Crippen molar-refractivity contribution in [2.75, 3.05) is 50.2 Å². The Morgan fingerprint density at radius 2 is 0.721 bits per heavy atom. The molecular weight excluding hydrogens is 865 g/mol. The van der Waals surface area contributed by atoms with Crippen LogP contribution in [0.25, 0.3) is 0 Å². The van der Waals surface area contributed by atoms with Crippen LogP contribution in [0.4, 0.5) is 11.4 Å². The highest BCUT2D eigenvalue weighted by molar-refractivity contribution is 6.25. The smallest absolute Gasteiger partial charge is 0.221 e. The molecule has 0 saturated heterocycles. The maximum absolute atomic E-state index is 11.1. The van der Waals surface area contributed by atoms with Crippen LogP contribution in [-0.2, 0) is 28.7 Å². The minimum absolute atomic E-state index is 0.0853. The Balaban J connectivity index is 0.000000265. The zero-order valence-corrected chi connectivity index (χ0v) is 38.8. The molecule has 4 N–H and O–H groups in total. The van der Waals surface area contributed by atoms with Crippen molar-refractivity contribution in [3.05, 3.63) is 192 Å². The lowest BCUT2D eigenvalue weighted by Crippen LogP contribution is -2.42. The predicted molar refractivity (Wildman–Crippen MR) is 259 cm³/mol. The minimum atomic E-state index is -2.19. The lowest BCUT2D eigenvalue weighted by Gasteiger charge is -2.20. The van der Waals surface area contributed by atoms with Gasteiger partial charge in [-0.15, -0.1) is 0 Å². The van der Waals surface area contributed by atoms with Gasteiger partial charge in [-0.1, -0.05) is 121 Å². The second-order valence-electron chi connectivity index (χ2n) is 15.5. The van der Waals surface area contributed by atoms with Crippen molar-refractivity contribution in [3.63, 3.8) is 0 Å². The summed E-state index contributed by atoms with van der Waals surface area (Å²) in [4.78, 5) is 40.0. The number of aliphatic carboxylic acids is 2. The van der Waals surface area contributed by atoms with Gasteiger partial charge in [0, 0.05) is 50.4 Å². The first-order chi connectivity index (χ1) is 32.9. The molecule has 0 spiro atoms. The summed E-state index contributed by atoms with van der Waals surface area (Å²) in [5, 5.41) is 30.2. The van der Waals surface area contributed by atoms with Gasteiger partial charge >= 0.3 is 0 Å². The highest BCUT2D eigenvalue weighted by atomic mass is 16.5. The first-order valence-corrected chi connectivity index (χ1v) is 22.2. The number of hydrogen-bond donors (Lipinski definition) is 4. The molecule has 0 bridgehead atoms. The van der Waals surface area contributed by atoms with Gasteiger partial charge in [-0.25, -0.2) is 0 Å². The second kappa shape index (κ2) is 30.0. The van der Waals surface area contributed by atoms with Gasteiger partial charge in [0.2, 0.25) is 11.8 Å². The summed E-state index contributed by atoms with van der Waals surface area (Å²) in [5.41, 5.74) is 6.10. The van der Waals surface area contributed by atoms with Crippen LogP contribution in [0.3, 0.4) is 0 Å². The van der Waals surface area contributed by atoms with Crippen LogP contribution in [0, 0.1) is 0 Å². The lowest BCUT2D eigenvalue weighted by molar-refractivity contribution is -0.345. The maximum atomic E-state index is 11.1. The number of hydrogen-bond acceptors (Lipinski definition) is 12. The third-order valence-electron chi connectivity index (χ3n) is 9.68. The van der Waals surface area contributed by atoms with Crippen molar-refractivity contribution in [1.82, 2.24) is 10.6 Å². The lowest BCUT2D eigenvalue weighted by atomic mass is 10.0. The van der Waals surface area contributed by atoms with Crippen LogP contribution in [0.15, 0.2) is 170 Å². The van der Waals surface area contributed by atoms with E-state index in [-0.39, 0.29) is 36.1 Å². The quantitative estimate of drug-likeness (QED) is 0.0451. The molecule has 0 aliphatic heterocycles. The zero-order chi connectivity index (χ0) is 48.9. The van der Waals surface area contributed by atoms with E-state index in [9.17, 15) is 9.59 Å². The molecule has 0 radical (unpaired) electrons. The molecule has 2 atom stereocenters. The molecule has 6 aromatic carbocycles. The fraction of sp³-hybridized carbons (Fsp3) is 0.259. The minimum Gasteiger partial charge on any atom is -0.543 e. The average Bonchev–Trinajstić information content (AvgIpc) is 3.34. The molecule has 0 heterocycles. The van der Waals surface area contributed by atoms with Crippen molar-refractivity contribution >= 4 is 35.1 Å². The Morgan fingerprint density at radius 3 is 0.971 bits per heavy atom. The Hall–Kier alpha value is -7.36. The normalized spacial score (nSPS) is 11.4. The SMILES string of the molecule is CC(=O)Nc1ccc(OCC(C)NCCOC(c2ccccc2)c2ccccc2)cc1.CC(=O)Nc1ccc(OCC(C)NCCOC(c2ccccc2)c2ccccc2)cc1.O=C([O-])C(=O)[O-]. The monoisotopic (exact) mass is 924 g/mol. The molecule has 2 amide bonds.